The van der Waals surface area contributed by atoms with Crippen LogP contribution >= 0.6 is 22.9 Å². The second-order valence-corrected chi connectivity index (χ2v) is 5.61. The fourth-order valence-corrected chi connectivity index (χ4v) is 2.36. The molecule has 0 unspecified atom stereocenters. The number of nitrogens with one attached hydrogen (secondary N) is 3. The normalized spacial score (nSPS) is 10.2. The summed E-state index contributed by atoms with van der Waals surface area (Å²) in [5, 5.41) is 6.22. The average molecular weight is 343 g/mol. The molecule has 2 aromatic rings. The number of nitrogens with zero attached hydrogens (tertiary/aromatic N) is 1. The Morgan fingerprint density at radius 3 is 2.82 bits per heavy atom. The second kappa shape index (κ2) is 7.05. The standard InChI is InChI=1S/C12H11ClN4O4S/c13-8-5-17(12(21)16-10(8)19)6-9(18)15-11(20)14-4-7-2-1-3-22-7/h1-3,5H,4,6H2,(H,16,19,21)(H2,14,15,18,20). The van der Waals surface area contributed by atoms with Crippen LogP contribution < -0.4 is 21.9 Å². The molecule has 0 aromatic carbocycles. The van der Waals surface area contributed by atoms with E-state index in [1.54, 1.807) is 0 Å². The number of hydrogen-bond acceptors (Lipinski definition) is 5. The zero-order valence-corrected chi connectivity index (χ0v) is 12.7. The average Bonchev–Trinajstić information content (AvgIpc) is 2.95. The summed E-state index contributed by atoms with van der Waals surface area (Å²) in [6.45, 7) is -0.150. The highest BCUT2D eigenvalue weighted by Gasteiger charge is 2.10. The number of thiophene rings is 1. The molecule has 0 fully saturated rings. The monoisotopic (exact) mass is 342 g/mol. The van der Waals surface area contributed by atoms with Gasteiger partial charge in [0.25, 0.3) is 5.56 Å². The van der Waals surface area contributed by atoms with Crippen LogP contribution in [0.4, 0.5) is 4.79 Å². The molecule has 2 heterocycles. The molecular formula is C12H11ClN4O4S. The van der Waals surface area contributed by atoms with Crippen LogP contribution in [0, 0.1) is 0 Å². The highest BCUT2D eigenvalue weighted by Crippen LogP contribution is 2.06. The number of carbonyl (C=O) groups excluding carboxylic acids is 2. The lowest BCUT2D eigenvalue weighted by Crippen LogP contribution is -2.42. The molecule has 2 rings (SSSR count). The van der Waals surface area contributed by atoms with Crippen LogP contribution in [0.5, 0.6) is 0 Å². The van der Waals surface area contributed by atoms with Crippen molar-refractivity contribution in [1.29, 1.82) is 0 Å². The molecule has 0 atom stereocenters. The second-order valence-electron chi connectivity index (χ2n) is 4.17. The van der Waals surface area contributed by atoms with E-state index in [-0.39, 0.29) is 5.02 Å². The Bertz CT molecular complexity index is 796. The molecule has 10 heteroatoms. The summed E-state index contributed by atoms with van der Waals surface area (Å²) in [6.07, 6.45) is 1.03. The topological polar surface area (TPSA) is 113 Å². The van der Waals surface area contributed by atoms with Gasteiger partial charge in [0.15, 0.2) is 0 Å². The molecule has 116 valence electrons. The number of imide groups is 1. The van der Waals surface area contributed by atoms with Crippen molar-refractivity contribution in [1.82, 2.24) is 20.2 Å². The molecular weight excluding hydrogens is 332 g/mol. The third-order valence-electron chi connectivity index (χ3n) is 2.54. The molecule has 0 saturated heterocycles. The first-order valence-electron chi connectivity index (χ1n) is 6.05. The quantitative estimate of drug-likeness (QED) is 0.740. The van der Waals surface area contributed by atoms with Gasteiger partial charge in [-0.15, -0.1) is 11.3 Å². The predicted octanol–water partition coefficient (Wildman–Crippen LogP) is 0.277. The van der Waals surface area contributed by atoms with E-state index < -0.39 is 29.7 Å². The van der Waals surface area contributed by atoms with Gasteiger partial charge in [-0.2, -0.15) is 0 Å². The Morgan fingerprint density at radius 2 is 2.14 bits per heavy atom. The van der Waals surface area contributed by atoms with E-state index >= 15 is 0 Å². The Kier molecular flexibility index (Phi) is 5.12. The molecule has 3 N–H and O–H groups in total. The van der Waals surface area contributed by atoms with Gasteiger partial charge in [-0.1, -0.05) is 17.7 Å². The predicted molar refractivity (Wildman–Crippen MR) is 81.0 cm³/mol. The lowest BCUT2D eigenvalue weighted by molar-refractivity contribution is -0.120. The molecule has 0 aliphatic carbocycles. The van der Waals surface area contributed by atoms with Gasteiger partial charge in [-0.3, -0.25) is 24.5 Å². The summed E-state index contributed by atoms with van der Waals surface area (Å²) in [5.74, 6) is -0.714. The van der Waals surface area contributed by atoms with Crippen molar-refractivity contribution < 1.29 is 9.59 Å². The van der Waals surface area contributed by atoms with Crippen molar-refractivity contribution in [2.45, 2.75) is 13.1 Å². The Morgan fingerprint density at radius 1 is 1.36 bits per heavy atom. The number of aromatic nitrogens is 2. The minimum Gasteiger partial charge on any atom is -0.333 e. The molecule has 0 spiro atoms. The van der Waals surface area contributed by atoms with E-state index in [0.717, 1.165) is 15.6 Å². The van der Waals surface area contributed by atoms with Gasteiger partial charge in [0.1, 0.15) is 11.6 Å². The minimum absolute atomic E-state index is 0.227. The minimum atomic E-state index is -0.788. The van der Waals surface area contributed by atoms with E-state index in [9.17, 15) is 19.2 Å². The van der Waals surface area contributed by atoms with Gasteiger partial charge < -0.3 is 5.32 Å². The van der Waals surface area contributed by atoms with Crippen molar-refractivity contribution in [3.8, 4) is 0 Å². The van der Waals surface area contributed by atoms with Crippen LogP contribution in [0.25, 0.3) is 0 Å². The number of carbonyl (C=O) groups is 2. The van der Waals surface area contributed by atoms with Crippen molar-refractivity contribution in [2.24, 2.45) is 0 Å². The summed E-state index contributed by atoms with van der Waals surface area (Å²) in [6, 6.07) is 3.01. The first-order valence-corrected chi connectivity index (χ1v) is 7.31. The maximum atomic E-state index is 11.7. The highest BCUT2D eigenvalue weighted by molar-refractivity contribution is 7.09. The van der Waals surface area contributed by atoms with Gasteiger partial charge in [0.2, 0.25) is 5.91 Å². The Balaban J connectivity index is 1.90. The van der Waals surface area contributed by atoms with Gasteiger partial charge in [0.05, 0.1) is 6.54 Å². The molecule has 8 nitrogen and oxygen atoms in total. The summed E-state index contributed by atoms with van der Waals surface area (Å²) >= 11 is 7.04. The number of H-pyrrole nitrogens is 1. The van der Waals surface area contributed by atoms with E-state index in [2.05, 4.69) is 10.6 Å². The van der Waals surface area contributed by atoms with Crippen LogP contribution in [0.1, 0.15) is 4.88 Å². The Hall–Kier alpha value is -2.39. The van der Waals surface area contributed by atoms with E-state index in [1.807, 2.05) is 22.5 Å². The SMILES string of the molecule is O=C(Cn1cc(Cl)c(=O)[nH]c1=O)NC(=O)NCc1cccs1. The third-order valence-corrected chi connectivity index (χ3v) is 3.68. The molecule has 2 aromatic heterocycles. The number of urea groups is 1. The summed E-state index contributed by atoms with van der Waals surface area (Å²) in [4.78, 5) is 48.6. The fraction of sp³-hybridized carbons (Fsp3) is 0.167. The van der Waals surface area contributed by atoms with Gasteiger partial charge in [-0.25, -0.2) is 9.59 Å². The van der Waals surface area contributed by atoms with Crippen molar-refractivity contribution in [2.75, 3.05) is 0 Å². The molecule has 0 aliphatic rings. The van der Waals surface area contributed by atoms with Crippen LogP contribution in [-0.2, 0) is 17.9 Å². The number of aromatic amines is 1. The molecule has 0 saturated carbocycles. The van der Waals surface area contributed by atoms with Gasteiger partial charge in [-0.05, 0) is 11.4 Å². The maximum Gasteiger partial charge on any atom is 0.328 e. The van der Waals surface area contributed by atoms with E-state index in [4.69, 9.17) is 11.6 Å². The van der Waals surface area contributed by atoms with Crippen LogP contribution in [0.15, 0.2) is 33.3 Å². The zero-order chi connectivity index (χ0) is 16.1. The zero-order valence-electron chi connectivity index (χ0n) is 11.1. The lowest BCUT2D eigenvalue weighted by Gasteiger charge is -2.07. The first kappa shape index (κ1) is 16.0. The van der Waals surface area contributed by atoms with E-state index in [0.29, 0.717) is 6.54 Å². The molecule has 22 heavy (non-hydrogen) atoms. The number of rotatable bonds is 4. The van der Waals surface area contributed by atoms with Gasteiger partial charge in [0, 0.05) is 11.1 Å². The number of hydrogen-bond donors (Lipinski definition) is 3. The lowest BCUT2D eigenvalue weighted by atomic mass is 10.4. The Labute approximate surface area is 132 Å². The first-order chi connectivity index (χ1) is 10.5. The molecule has 3 amide bonds. The third kappa shape index (κ3) is 4.30. The number of amides is 3. The van der Waals surface area contributed by atoms with Crippen LogP contribution in [0.3, 0.4) is 0 Å². The van der Waals surface area contributed by atoms with Crippen molar-refractivity contribution in [3.05, 3.63) is 54.4 Å². The number of halogens is 1. The maximum absolute atomic E-state index is 11.7. The largest absolute Gasteiger partial charge is 0.333 e. The smallest absolute Gasteiger partial charge is 0.328 e. The summed E-state index contributed by atoms with van der Waals surface area (Å²) in [5.41, 5.74) is -1.53. The molecule has 0 radical (unpaired) electrons. The summed E-state index contributed by atoms with van der Waals surface area (Å²) in [7, 11) is 0. The summed E-state index contributed by atoms with van der Waals surface area (Å²) < 4.78 is 0.894. The van der Waals surface area contributed by atoms with Crippen LogP contribution in [0.2, 0.25) is 5.02 Å². The van der Waals surface area contributed by atoms with Crippen molar-refractivity contribution in [3.63, 3.8) is 0 Å². The van der Waals surface area contributed by atoms with Crippen LogP contribution in [-0.4, -0.2) is 21.5 Å². The van der Waals surface area contributed by atoms with Gasteiger partial charge >= 0.3 is 11.7 Å². The van der Waals surface area contributed by atoms with E-state index in [1.165, 1.54) is 11.3 Å². The molecule has 0 bridgehead atoms. The fourth-order valence-electron chi connectivity index (χ4n) is 1.55. The highest BCUT2D eigenvalue weighted by atomic mass is 35.5. The molecule has 0 aliphatic heterocycles. The van der Waals surface area contributed by atoms with Crippen molar-refractivity contribution >= 4 is 34.9 Å².